The number of carbonyl (C=O) groups excluding carboxylic acids is 1. The Balaban J connectivity index is 2.82. The minimum Gasteiger partial charge on any atom is -0.480 e. The number of rotatable bonds is 6. The van der Waals surface area contributed by atoms with Crippen molar-refractivity contribution in [1.82, 2.24) is 5.32 Å². The minimum absolute atomic E-state index is 0.324. The van der Waals surface area contributed by atoms with Gasteiger partial charge in [-0.1, -0.05) is 43.6 Å². The van der Waals surface area contributed by atoms with Crippen LogP contribution in [0.1, 0.15) is 32.3 Å². The number of nitrogens with one attached hydrogen (secondary N) is 1. The number of amides is 1. The fraction of sp³-hybridized carbons (Fsp3) is 0.333. The first-order valence-electron chi connectivity index (χ1n) is 6.43. The second kappa shape index (κ2) is 7.10. The molecule has 2 N–H and O–H groups in total. The van der Waals surface area contributed by atoms with E-state index in [1.165, 1.54) is 6.08 Å². The highest BCUT2D eigenvalue weighted by molar-refractivity contribution is 6.32. The van der Waals surface area contributed by atoms with E-state index in [9.17, 15) is 14.7 Å². The molecule has 0 saturated heterocycles. The zero-order valence-corrected chi connectivity index (χ0v) is 12.3. The summed E-state index contributed by atoms with van der Waals surface area (Å²) in [6.07, 6.45) is 3.51. The number of halogens is 1. The molecule has 1 aromatic carbocycles. The van der Waals surface area contributed by atoms with Gasteiger partial charge in [0.1, 0.15) is 5.54 Å². The first kappa shape index (κ1) is 16.2. The molecule has 0 atom stereocenters. The van der Waals surface area contributed by atoms with Crippen LogP contribution in [0.4, 0.5) is 0 Å². The Hall–Kier alpha value is -1.81. The van der Waals surface area contributed by atoms with Crippen LogP contribution in [0.3, 0.4) is 0 Å². The van der Waals surface area contributed by atoms with Crippen LogP contribution in [0.2, 0.25) is 5.02 Å². The number of hydrogen-bond acceptors (Lipinski definition) is 2. The molecule has 0 radical (unpaired) electrons. The van der Waals surface area contributed by atoms with Crippen molar-refractivity contribution in [2.75, 3.05) is 0 Å². The van der Waals surface area contributed by atoms with E-state index in [1.807, 2.05) is 6.07 Å². The second-order valence-electron chi connectivity index (χ2n) is 4.44. The Morgan fingerprint density at radius 3 is 2.40 bits per heavy atom. The van der Waals surface area contributed by atoms with Crippen molar-refractivity contribution in [3.8, 4) is 0 Å². The molecular formula is C15H18ClNO3. The Morgan fingerprint density at radius 2 is 1.90 bits per heavy atom. The Morgan fingerprint density at radius 1 is 1.30 bits per heavy atom. The zero-order valence-electron chi connectivity index (χ0n) is 11.5. The minimum atomic E-state index is -1.22. The molecule has 108 valence electrons. The molecule has 0 bridgehead atoms. The van der Waals surface area contributed by atoms with Crippen molar-refractivity contribution in [1.29, 1.82) is 0 Å². The molecule has 1 aromatic rings. The summed E-state index contributed by atoms with van der Waals surface area (Å²) in [7, 11) is 0. The third-order valence-corrected chi connectivity index (χ3v) is 3.64. The standard InChI is InChI=1S/C15H18ClNO3/c1-3-15(4-2,14(19)20)17-13(18)10-9-11-7-5-6-8-12(11)16/h5-10H,3-4H2,1-2H3,(H,17,18)(H,19,20). The van der Waals surface area contributed by atoms with Gasteiger partial charge in [-0.05, 0) is 30.5 Å². The third-order valence-electron chi connectivity index (χ3n) is 3.30. The molecule has 1 rings (SSSR count). The maximum absolute atomic E-state index is 11.9. The van der Waals surface area contributed by atoms with Crippen LogP contribution in [0, 0.1) is 0 Å². The summed E-state index contributed by atoms with van der Waals surface area (Å²) >= 11 is 5.97. The summed E-state index contributed by atoms with van der Waals surface area (Å²) < 4.78 is 0. The van der Waals surface area contributed by atoms with Gasteiger partial charge >= 0.3 is 5.97 Å². The molecule has 20 heavy (non-hydrogen) atoms. The summed E-state index contributed by atoms with van der Waals surface area (Å²) in [6.45, 7) is 3.46. The number of carboxylic acids is 1. The molecule has 0 aromatic heterocycles. The molecule has 0 saturated carbocycles. The number of benzene rings is 1. The summed E-state index contributed by atoms with van der Waals surface area (Å²) in [5.74, 6) is -1.47. The fourth-order valence-corrected chi connectivity index (χ4v) is 2.03. The predicted octanol–water partition coefficient (Wildman–Crippen LogP) is 3.11. The normalized spacial score (nSPS) is 11.6. The molecular weight excluding hydrogens is 278 g/mol. The lowest BCUT2D eigenvalue weighted by molar-refractivity contribution is -0.147. The molecule has 0 fully saturated rings. The molecule has 0 aliphatic rings. The summed E-state index contributed by atoms with van der Waals surface area (Å²) in [6, 6.07) is 7.10. The van der Waals surface area contributed by atoms with Crippen LogP contribution in [0.5, 0.6) is 0 Å². The van der Waals surface area contributed by atoms with Gasteiger partial charge in [0, 0.05) is 11.1 Å². The Kier molecular flexibility index (Phi) is 5.77. The lowest BCUT2D eigenvalue weighted by atomic mass is 9.93. The molecule has 1 amide bonds. The largest absolute Gasteiger partial charge is 0.480 e. The quantitative estimate of drug-likeness (QED) is 0.793. The highest BCUT2D eigenvalue weighted by Gasteiger charge is 2.35. The molecule has 0 heterocycles. The van der Waals surface area contributed by atoms with Gasteiger partial charge in [0.15, 0.2) is 0 Å². The number of aliphatic carboxylic acids is 1. The Bertz CT molecular complexity index is 522. The van der Waals surface area contributed by atoms with E-state index >= 15 is 0 Å². The van der Waals surface area contributed by atoms with Crippen molar-refractivity contribution in [3.05, 3.63) is 40.9 Å². The highest BCUT2D eigenvalue weighted by Crippen LogP contribution is 2.17. The highest BCUT2D eigenvalue weighted by atomic mass is 35.5. The van der Waals surface area contributed by atoms with Crippen molar-refractivity contribution in [3.63, 3.8) is 0 Å². The van der Waals surface area contributed by atoms with Crippen molar-refractivity contribution in [2.45, 2.75) is 32.2 Å². The van der Waals surface area contributed by atoms with Crippen molar-refractivity contribution in [2.24, 2.45) is 0 Å². The molecule has 4 nitrogen and oxygen atoms in total. The van der Waals surface area contributed by atoms with Crippen LogP contribution in [0.25, 0.3) is 6.08 Å². The number of carboxylic acid groups (broad SMARTS) is 1. The lowest BCUT2D eigenvalue weighted by Crippen LogP contribution is -2.53. The van der Waals surface area contributed by atoms with E-state index in [0.717, 1.165) is 0 Å². The maximum Gasteiger partial charge on any atom is 0.329 e. The average Bonchev–Trinajstić information content (AvgIpc) is 2.43. The van der Waals surface area contributed by atoms with Crippen molar-refractivity contribution >= 4 is 29.6 Å². The van der Waals surface area contributed by atoms with E-state index in [2.05, 4.69) is 5.32 Å². The van der Waals surface area contributed by atoms with Crippen molar-refractivity contribution < 1.29 is 14.7 Å². The zero-order chi connectivity index (χ0) is 15.2. The average molecular weight is 296 g/mol. The monoisotopic (exact) mass is 295 g/mol. The Labute approximate surface area is 123 Å². The van der Waals surface area contributed by atoms with E-state index in [-0.39, 0.29) is 0 Å². The van der Waals surface area contributed by atoms with Crippen LogP contribution in [-0.2, 0) is 9.59 Å². The summed E-state index contributed by atoms with van der Waals surface area (Å²) in [5, 5.41) is 12.3. The molecule has 0 aliphatic carbocycles. The molecule has 0 unspecified atom stereocenters. The fourth-order valence-electron chi connectivity index (χ4n) is 1.84. The predicted molar refractivity (Wildman–Crippen MR) is 79.6 cm³/mol. The lowest BCUT2D eigenvalue weighted by Gasteiger charge is -2.27. The van der Waals surface area contributed by atoms with E-state index in [4.69, 9.17) is 11.6 Å². The van der Waals surface area contributed by atoms with Gasteiger partial charge in [0.2, 0.25) is 5.91 Å². The smallest absolute Gasteiger partial charge is 0.329 e. The number of carbonyl (C=O) groups is 2. The first-order valence-corrected chi connectivity index (χ1v) is 6.81. The number of hydrogen-bond donors (Lipinski definition) is 2. The molecule has 5 heteroatoms. The van der Waals surface area contributed by atoms with Gasteiger partial charge < -0.3 is 10.4 Å². The van der Waals surface area contributed by atoms with Crippen LogP contribution < -0.4 is 5.32 Å². The van der Waals surface area contributed by atoms with Crippen LogP contribution in [0.15, 0.2) is 30.3 Å². The topological polar surface area (TPSA) is 66.4 Å². The van der Waals surface area contributed by atoms with E-state index in [0.29, 0.717) is 23.4 Å². The maximum atomic E-state index is 11.9. The van der Waals surface area contributed by atoms with E-state index in [1.54, 1.807) is 38.1 Å². The van der Waals surface area contributed by atoms with Gasteiger partial charge in [-0.3, -0.25) is 4.79 Å². The van der Waals surface area contributed by atoms with Gasteiger partial charge in [-0.15, -0.1) is 0 Å². The van der Waals surface area contributed by atoms with Gasteiger partial charge in [0.05, 0.1) is 0 Å². The summed E-state index contributed by atoms with van der Waals surface area (Å²) in [4.78, 5) is 23.1. The van der Waals surface area contributed by atoms with E-state index < -0.39 is 17.4 Å². The molecule has 0 spiro atoms. The second-order valence-corrected chi connectivity index (χ2v) is 4.85. The summed E-state index contributed by atoms with van der Waals surface area (Å²) in [5.41, 5.74) is -0.514. The van der Waals surface area contributed by atoms with Gasteiger partial charge in [-0.2, -0.15) is 0 Å². The van der Waals surface area contributed by atoms with Crippen LogP contribution >= 0.6 is 11.6 Å². The third kappa shape index (κ3) is 3.84. The first-order chi connectivity index (χ1) is 9.45. The molecule has 0 aliphatic heterocycles. The van der Waals surface area contributed by atoms with Crippen LogP contribution in [-0.4, -0.2) is 22.5 Å². The SMILES string of the molecule is CCC(CC)(NC(=O)C=Cc1ccccc1Cl)C(=O)O. The van der Waals surface area contributed by atoms with Gasteiger partial charge in [-0.25, -0.2) is 4.79 Å². The van der Waals surface area contributed by atoms with Gasteiger partial charge in [0.25, 0.3) is 0 Å².